The number of nitrogens with two attached hydrogens (primary N) is 1. The van der Waals surface area contributed by atoms with Crippen molar-refractivity contribution in [2.24, 2.45) is 23.5 Å². The SMILES string of the molecule is C=CCOC(=O)C(CC1CC1NC(=O)C1OC(=O)C1C(C)CC)NC(=O)C(C)N. The number of ether oxygens (including phenoxy) is 2. The molecule has 7 unspecified atom stereocenters. The van der Waals surface area contributed by atoms with Gasteiger partial charge in [0.05, 0.1) is 6.04 Å². The van der Waals surface area contributed by atoms with Crippen molar-refractivity contribution in [3.05, 3.63) is 12.7 Å². The summed E-state index contributed by atoms with van der Waals surface area (Å²) in [6.45, 7) is 8.94. The second kappa shape index (κ2) is 9.87. The van der Waals surface area contributed by atoms with Crippen molar-refractivity contribution in [3.8, 4) is 0 Å². The molecule has 0 spiro atoms. The van der Waals surface area contributed by atoms with Crippen molar-refractivity contribution >= 4 is 23.8 Å². The first-order valence-corrected chi connectivity index (χ1v) is 10.0. The summed E-state index contributed by atoms with van der Waals surface area (Å²) in [6.07, 6.45) is 2.45. The minimum absolute atomic E-state index is 0.00596. The van der Waals surface area contributed by atoms with Crippen LogP contribution < -0.4 is 16.4 Å². The quantitative estimate of drug-likeness (QED) is 0.323. The maximum Gasteiger partial charge on any atom is 0.328 e. The third-order valence-electron chi connectivity index (χ3n) is 5.50. The van der Waals surface area contributed by atoms with Gasteiger partial charge in [0.15, 0.2) is 6.10 Å². The first-order chi connectivity index (χ1) is 13.7. The lowest BCUT2D eigenvalue weighted by atomic mass is 9.83. The second-order valence-corrected chi connectivity index (χ2v) is 7.88. The highest BCUT2D eigenvalue weighted by Crippen LogP contribution is 2.37. The van der Waals surface area contributed by atoms with Crippen molar-refractivity contribution < 1.29 is 28.7 Å². The maximum atomic E-state index is 12.4. The first-order valence-electron chi connectivity index (χ1n) is 10.0. The number of esters is 2. The zero-order valence-corrected chi connectivity index (χ0v) is 17.2. The molecular formula is C20H31N3O6. The summed E-state index contributed by atoms with van der Waals surface area (Å²) in [5, 5.41) is 5.47. The van der Waals surface area contributed by atoms with Crippen LogP contribution in [0.1, 0.15) is 40.0 Å². The van der Waals surface area contributed by atoms with Crippen molar-refractivity contribution in [1.29, 1.82) is 0 Å². The van der Waals surface area contributed by atoms with Crippen LogP contribution in [0.4, 0.5) is 0 Å². The predicted molar refractivity (Wildman–Crippen MR) is 104 cm³/mol. The average Bonchev–Trinajstić information content (AvgIpc) is 3.39. The van der Waals surface area contributed by atoms with Gasteiger partial charge in [-0.2, -0.15) is 0 Å². The third kappa shape index (κ3) is 5.79. The fraction of sp³-hybridized carbons (Fsp3) is 0.700. The van der Waals surface area contributed by atoms with Gasteiger partial charge in [0, 0.05) is 6.04 Å². The molecule has 9 nitrogen and oxygen atoms in total. The molecule has 1 heterocycles. The van der Waals surface area contributed by atoms with Gasteiger partial charge in [0.2, 0.25) is 5.91 Å². The van der Waals surface area contributed by atoms with Gasteiger partial charge in [0.1, 0.15) is 18.6 Å². The van der Waals surface area contributed by atoms with E-state index in [0.29, 0.717) is 12.8 Å². The zero-order chi connectivity index (χ0) is 21.7. The van der Waals surface area contributed by atoms with Gasteiger partial charge in [-0.15, -0.1) is 0 Å². The third-order valence-corrected chi connectivity index (χ3v) is 5.50. The normalized spacial score (nSPS) is 28.1. The van der Waals surface area contributed by atoms with Gasteiger partial charge in [-0.1, -0.05) is 32.9 Å². The van der Waals surface area contributed by atoms with Crippen LogP contribution in [0.25, 0.3) is 0 Å². The standard InChI is InChI=1S/C20H31N3O6/c1-5-7-28-19(26)14(23-17(24)11(4)21)9-12-8-13(12)22-18(25)16-15(10(3)6-2)20(27)29-16/h5,10-16H,1,6-9,21H2,2-4H3,(H,22,25)(H,23,24). The number of rotatable bonds is 11. The largest absolute Gasteiger partial charge is 0.460 e. The van der Waals surface area contributed by atoms with E-state index in [2.05, 4.69) is 17.2 Å². The van der Waals surface area contributed by atoms with E-state index in [1.165, 1.54) is 13.0 Å². The Morgan fingerprint density at radius 1 is 1.38 bits per heavy atom. The zero-order valence-electron chi connectivity index (χ0n) is 17.2. The van der Waals surface area contributed by atoms with Crippen LogP contribution in [-0.2, 0) is 28.7 Å². The Morgan fingerprint density at radius 2 is 2.07 bits per heavy atom. The van der Waals surface area contributed by atoms with E-state index >= 15 is 0 Å². The van der Waals surface area contributed by atoms with Crippen LogP contribution in [0.2, 0.25) is 0 Å². The van der Waals surface area contributed by atoms with Crippen LogP contribution in [0.5, 0.6) is 0 Å². The Morgan fingerprint density at radius 3 is 2.62 bits per heavy atom. The molecular weight excluding hydrogens is 378 g/mol. The molecule has 1 aliphatic heterocycles. The number of amides is 2. The van der Waals surface area contributed by atoms with E-state index in [0.717, 1.165) is 6.42 Å². The molecule has 1 aliphatic carbocycles. The molecule has 0 aromatic rings. The fourth-order valence-corrected chi connectivity index (χ4v) is 3.34. The smallest absolute Gasteiger partial charge is 0.328 e. The highest BCUT2D eigenvalue weighted by atomic mass is 16.6. The van der Waals surface area contributed by atoms with E-state index in [1.54, 1.807) is 0 Å². The maximum absolute atomic E-state index is 12.4. The molecule has 2 aliphatic rings. The van der Waals surface area contributed by atoms with E-state index in [4.69, 9.17) is 15.2 Å². The van der Waals surface area contributed by atoms with Crippen LogP contribution in [0.15, 0.2) is 12.7 Å². The fourth-order valence-electron chi connectivity index (χ4n) is 3.34. The summed E-state index contributed by atoms with van der Waals surface area (Å²) in [5.74, 6) is -2.01. The van der Waals surface area contributed by atoms with Gasteiger partial charge in [-0.3, -0.25) is 14.4 Å². The van der Waals surface area contributed by atoms with E-state index in [1.807, 2.05) is 13.8 Å². The summed E-state index contributed by atoms with van der Waals surface area (Å²) in [4.78, 5) is 48.3. The lowest BCUT2D eigenvalue weighted by Gasteiger charge is -2.37. The lowest BCUT2D eigenvalue weighted by molar-refractivity contribution is -0.193. The van der Waals surface area contributed by atoms with Gasteiger partial charge in [-0.25, -0.2) is 4.79 Å². The Hall–Kier alpha value is -2.42. The monoisotopic (exact) mass is 409 g/mol. The molecule has 0 aromatic heterocycles. The van der Waals surface area contributed by atoms with Crippen LogP contribution >= 0.6 is 0 Å². The molecule has 2 amide bonds. The Balaban J connectivity index is 1.88. The molecule has 162 valence electrons. The molecule has 1 saturated carbocycles. The highest BCUT2D eigenvalue weighted by molar-refractivity contribution is 5.94. The van der Waals surface area contributed by atoms with Crippen molar-refractivity contribution in [2.45, 2.75) is 64.3 Å². The Bertz CT molecular complexity index is 665. The molecule has 7 atom stereocenters. The Kier molecular flexibility index (Phi) is 7.78. The van der Waals surface area contributed by atoms with Gasteiger partial charge in [0.25, 0.3) is 5.91 Å². The van der Waals surface area contributed by atoms with Crippen LogP contribution in [0, 0.1) is 17.8 Å². The van der Waals surface area contributed by atoms with Crippen LogP contribution in [0.3, 0.4) is 0 Å². The lowest BCUT2D eigenvalue weighted by Crippen LogP contribution is -2.56. The summed E-state index contributed by atoms with van der Waals surface area (Å²) in [7, 11) is 0. The van der Waals surface area contributed by atoms with E-state index in [9.17, 15) is 19.2 Å². The number of hydrogen-bond acceptors (Lipinski definition) is 7. The van der Waals surface area contributed by atoms with Gasteiger partial charge >= 0.3 is 11.9 Å². The molecule has 0 radical (unpaired) electrons. The van der Waals surface area contributed by atoms with Gasteiger partial charge < -0.3 is 25.8 Å². The molecule has 2 rings (SSSR count). The number of carbonyl (C=O) groups is 4. The minimum Gasteiger partial charge on any atom is -0.460 e. The Labute approximate surface area is 170 Å². The van der Waals surface area contributed by atoms with Gasteiger partial charge in [-0.05, 0) is 31.6 Å². The van der Waals surface area contributed by atoms with Crippen molar-refractivity contribution in [2.75, 3.05) is 6.61 Å². The number of nitrogens with one attached hydrogen (secondary N) is 2. The molecule has 29 heavy (non-hydrogen) atoms. The number of hydrogen-bond donors (Lipinski definition) is 3. The van der Waals surface area contributed by atoms with Crippen molar-refractivity contribution in [1.82, 2.24) is 10.6 Å². The number of cyclic esters (lactones) is 1. The molecule has 0 bridgehead atoms. The summed E-state index contributed by atoms with van der Waals surface area (Å²) in [5.41, 5.74) is 5.56. The molecule has 9 heteroatoms. The summed E-state index contributed by atoms with van der Waals surface area (Å²) >= 11 is 0. The average molecular weight is 409 g/mol. The predicted octanol–water partition coefficient (Wildman–Crippen LogP) is 0.0301. The summed E-state index contributed by atoms with van der Waals surface area (Å²) in [6, 6.07) is -1.75. The number of carbonyl (C=O) groups excluding carboxylic acids is 4. The molecule has 4 N–H and O–H groups in total. The minimum atomic E-state index is -0.852. The van der Waals surface area contributed by atoms with Crippen LogP contribution in [-0.4, -0.2) is 54.6 Å². The second-order valence-electron chi connectivity index (χ2n) is 7.88. The molecule has 1 saturated heterocycles. The van der Waals surface area contributed by atoms with Crippen molar-refractivity contribution in [3.63, 3.8) is 0 Å². The molecule has 2 fully saturated rings. The molecule has 0 aromatic carbocycles. The van der Waals surface area contributed by atoms with E-state index < -0.39 is 36.0 Å². The first kappa shape index (κ1) is 22.9. The van der Waals surface area contributed by atoms with E-state index in [-0.39, 0.29) is 36.4 Å². The summed E-state index contributed by atoms with van der Waals surface area (Å²) < 4.78 is 10.1. The highest BCUT2D eigenvalue weighted by Gasteiger charge is 2.51. The topological polar surface area (TPSA) is 137 Å².